The first-order valence-electron chi connectivity index (χ1n) is 6.75. The van der Waals surface area contributed by atoms with Gasteiger partial charge in [0.15, 0.2) is 9.84 Å². The van der Waals surface area contributed by atoms with E-state index in [1.165, 1.54) is 0 Å². The van der Waals surface area contributed by atoms with Crippen molar-refractivity contribution < 1.29 is 8.42 Å². The Balaban J connectivity index is 2.86. The fourth-order valence-corrected chi connectivity index (χ4v) is 5.84. The third-order valence-corrected chi connectivity index (χ3v) is 7.31. The Morgan fingerprint density at radius 1 is 1.22 bits per heavy atom. The van der Waals surface area contributed by atoms with Crippen molar-refractivity contribution in [1.82, 2.24) is 0 Å². The van der Waals surface area contributed by atoms with E-state index in [0.717, 1.165) is 25.7 Å². The molecule has 1 aliphatic heterocycles. The van der Waals surface area contributed by atoms with Gasteiger partial charge in [0.2, 0.25) is 0 Å². The van der Waals surface area contributed by atoms with Crippen molar-refractivity contribution >= 4 is 33.0 Å². The normalized spacial score (nSPS) is 23.7. The van der Waals surface area contributed by atoms with Crippen LogP contribution in [0.3, 0.4) is 0 Å². The van der Waals surface area contributed by atoms with Crippen molar-refractivity contribution in [1.29, 1.82) is 0 Å². The second-order valence-electron chi connectivity index (χ2n) is 5.62. The van der Waals surface area contributed by atoms with Crippen LogP contribution in [0.25, 0.3) is 0 Å². The molecule has 0 aliphatic carbocycles. The summed E-state index contributed by atoms with van der Waals surface area (Å²) in [5, 5.41) is 0. The van der Waals surface area contributed by atoms with Gasteiger partial charge in [-0.1, -0.05) is 26.7 Å². The van der Waals surface area contributed by atoms with Crippen LogP contribution >= 0.6 is 23.2 Å². The Morgan fingerprint density at radius 3 is 2.11 bits per heavy atom. The second kappa shape index (κ2) is 6.81. The van der Waals surface area contributed by atoms with Gasteiger partial charge in [-0.3, -0.25) is 0 Å². The lowest BCUT2D eigenvalue weighted by atomic mass is 9.71. The topological polar surface area (TPSA) is 34.1 Å². The van der Waals surface area contributed by atoms with Crippen molar-refractivity contribution in [2.24, 2.45) is 17.3 Å². The SMILES string of the molecule is CCC(CC)CC(CCl)(CCl)C1CCS(=O)(=O)C1. The number of hydrogen-bond donors (Lipinski definition) is 0. The van der Waals surface area contributed by atoms with E-state index in [2.05, 4.69) is 13.8 Å². The molecule has 0 bridgehead atoms. The van der Waals surface area contributed by atoms with Crippen molar-refractivity contribution in [2.75, 3.05) is 23.3 Å². The summed E-state index contributed by atoms with van der Waals surface area (Å²) in [6, 6.07) is 0. The average Bonchev–Trinajstić information content (AvgIpc) is 2.73. The van der Waals surface area contributed by atoms with E-state index < -0.39 is 9.84 Å². The van der Waals surface area contributed by atoms with Crippen molar-refractivity contribution in [3.63, 3.8) is 0 Å². The number of halogens is 2. The van der Waals surface area contributed by atoms with E-state index >= 15 is 0 Å². The van der Waals surface area contributed by atoms with Crippen LogP contribution in [0.2, 0.25) is 0 Å². The van der Waals surface area contributed by atoms with Gasteiger partial charge in [-0.05, 0) is 24.7 Å². The van der Waals surface area contributed by atoms with E-state index in [-0.39, 0.29) is 17.1 Å². The molecule has 0 amide bonds. The van der Waals surface area contributed by atoms with Crippen LogP contribution in [-0.2, 0) is 9.84 Å². The van der Waals surface area contributed by atoms with Crippen LogP contribution in [0.1, 0.15) is 39.5 Å². The van der Waals surface area contributed by atoms with Gasteiger partial charge in [0, 0.05) is 17.2 Å². The third-order valence-electron chi connectivity index (χ3n) is 4.48. The maximum absolute atomic E-state index is 11.7. The van der Waals surface area contributed by atoms with Gasteiger partial charge in [0.1, 0.15) is 0 Å². The lowest BCUT2D eigenvalue weighted by Crippen LogP contribution is -2.37. The minimum Gasteiger partial charge on any atom is -0.229 e. The summed E-state index contributed by atoms with van der Waals surface area (Å²) in [5.74, 6) is 2.23. The molecule has 0 aromatic heterocycles. The Bertz CT molecular complexity index is 346. The van der Waals surface area contributed by atoms with Gasteiger partial charge < -0.3 is 0 Å². The van der Waals surface area contributed by atoms with Crippen LogP contribution < -0.4 is 0 Å². The fraction of sp³-hybridized carbons (Fsp3) is 1.00. The molecule has 1 unspecified atom stereocenters. The summed E-state index contributed by atoms with van der Waals surface area (Å²) in [6.45, 7) is 4.35. The molecule has 2 nitrogen and oxygen atoms in total. The van der Waals surface area contributed by atoms with E-state index in [4.69, 9.17) is 23.2 Å². The lowest BCUT2D eigenvalue weighted by Gasteiger charge is -2.38. The molecule has 1 fully saturated rings. The molecular weight excluding hydrogens is 291 g/mol. The first kappa shape index (κ1) is 16.6. The number of hydrogen-bond acceptors (Lipinski definition) is 2. The quantitative estimate of drug-likeness (QED) is 0.671. The summed E-state index contributed by atoms with van der Waals surface area (Å²) >= 11 is 12.4. The van der Waals surface area contributed by atoms with Gasteiger partial charge in [0.25, 0.3) is 0 Å². The highest BCUT2D eigenvalue weighted by molar-refractivity contribution is 7.91. The van der Waals surface area contributed by atoms with E-state index in [0.29, 0.717) is 23.4 Å². The molecule has 108 valence electrons. The van der Waals surface area contributed by atoms with Gasteiger partial charge >= 0.3 is 0 Å². The van der Waals surface area contributed by atoms with E-state index in [1.807, 2.05) is 0 Å². The zero-order chi connectivity index (χ0) is 13.8. The monoisotopic (exact) mass is 314 g/mol. The highest BCUT2D eigenvalue weighted by atomic mass is 35.5. The molecule has 5 heteroatoms. The van der Waals surface area contributed by atoms with E-state index in [1.54, 1.807) is 0 Å². The third kappa shape index (κ3) is 3.77. The van der Waals surface area contributed by atoms with Crippen LogP contribution in [0.5, 0.6) is 0 Å². The van der Waals surface area contributed by atoms with Crippen molar-refractivity contribution in [3.8, 4) is 0 Å². The summed E-state index contributed by atoms with van der Waals surface area (Å²) in [5.41, 5.74) is -0.205. The van der Waals surface area contributed by atoms with Gasteiger partial charge in [-0.2, -0.15) is 0 Å². The molecular formula is C13H24Cl2O2S. The Morgan fingerprint density at radius 2 is 1.78 bits per heavy atom. The van der Waals surface area contributed by atoms with E-state index in [9.17, 15) is 8.42 Å². The minimum atomic E-state index is -2.87. The number of alkyl halides is 2. The summed E-state index contributed by atoms with van der Waals surface area (Å²) in [4.78, 5) is 0. The molecule has 1 aliphatic rings. The van der Waals surface area contributed by atoms with Gasteiger partial charge in [-0.15, -0.1) is 23.2 Å². The molecule has 0 saturated carbocycles. The van der Waals surface area contributed by atoms with Crippen LogP contribution in [0, 0.1) is 17.3 Å². The largest absolute Gasteiger partial charge is 0.229 e. The molecule has 0 N–H and O–H groups in total. The first-order chi connectivity index (χ1) is 8.43. The molecule has 0 aromatic carbocycles. The lowest BCUT2D eigenvalue weighted by molar-refractivity contribution is 0.181. The molecule has 0 radical (unpaired) electrons. The zero-order valence-electron chi connectivity index (χ0n) is 11.3. The Labute approximate surface area is 121 Å². The predicted molar refractivity (Wildman–Crippen MR) is 79.3 cm³/mol. The smallest absolute Gasteiger partial charge is 0.150 e. The average molecular weight is 315 g/mol. The zero-order valence-corrected chi connectivity index (χ0v) is 13.6. The second-order valence-corrected chi connectivity index (χ2v) is 8.38. The molecule has 1 atom stereocenters. The fourth-order valence-electron chi connectivity index (χ4n) is 2.96. The van der Waals surface area contributed by atoms with Gasteiger partial charge in [-0.25, -0.2) is 8.42 Å². The van der Waals surface area contributed by atoms with Gasteiger partial charge in [0.05, 0.1) is 11.5 Å². The first-order valence-corrected chi connectivity index (χ1v) is 9.64. The molecule has 18 heavy (non-hydrogen) atoms. The Hall–Kier alpha value is 0.530. The minimum absolute atomic E-state index is 0.137. The van der Waals surface area contributed by atoms with Crippen molar-refractivity contribution in [3.05, 3.63) is 0 Å². The van der Waals surface area contributed by atoms with Crippen molar-refractivity contribution in [2.45, 2.75) is 39.5 Å². The maximum Gasteiger partial charge on any atom is 0.150 e. The molecule has 1 saturated heterocycles. The summed E-state index contributed by atoms with van der Waals surface area (Å²) in [6.07, 6.45) is 3.88. The predicted octanol–water partition coefficient (Wildman–Crippen LogP) is 3.71. The summed E-state index contributed by atoms with van der Waals surface area (Å²) in [7, 11) is -2.87. The van der Waals surface area contributed by atoms with Crippen LogP contribution in [-0.4, -0.2) is 31.7 Å². The Kier molecular flexibility index (Phi) is 6.27. The maximum atomic E-state index is 11.7. The standard InChI is InChI=1S/C13H24Cl2O2S/c1-3-11(4-2)7-13(9-14,10-15)12-5-6-18(16,17)8-12/h11-12H,3-10H2,1-2H3. The number of sulfone groups is 1. The molecule has 0 spiro atoms. The highest BCUT2D eigenvalue weighted by Gasteiger charge is 2.44. The molecule has 1 heterocycles. The number of rotatable bonds is 7. The van der Waals surface area contributed by atoms with Crippen LogP contribution in [0.15, 0.2) is 0 Å². The highest BCUT2D eigenvalue weighted by Crippen LogP contribution is 2.44. The molecule has 1 rings (SSSR count). The van der Waals surface area contributed by atoms with Crippen LogP contribution in [0.4, 0.5) is 0 Å². The molecule has 0 aromatic rings. The summed E-state index contributed by atoms with van der Waals surface area (Å²) < 4.78 is 23.3.